The molecule has 1 amide bonds. The molecule has 1 rings (SSSR count). The Kier molecular flexibility index (Phi) is 5.41. The van der Waals surface area contributed by atoms with Gasteiger partial charge in [-0.25, -0.2) is 0 Å². The molecule has 1 aliphatic rings. The molecule has 0 spiro atoms. The Morgan fingerprint density at radius 2 is 2.35 bits per heavy atom. The van der Waals surface area contributed by atoms with Gasteiger partial charge in [-0.2, -0.15) is 0 Å². The molecule has 0 aromatic carbocycles. The van der Waals surface area contributed by atoms with Crippen LogP contribution >= 0.6 is 0 Å². The van der Waals surface area contributed by atoms with Crippen LogP contribution in [0.25, 0.3) is 0 Å². The number of aliphatic imine (C=N–C) groups is 1. The van der Waals surface area contributed by atoms with Crippen LogP contribution in [0.2, 0.25) is 0 Å². The van der Waals surface area contributed by atoms with Gasteiger partial charge in [0.05, 0.1) is 18.4 Å². The number of likely N-dealkylation sites (tertiary alicyclic amines) is 1. The molecular formula is C12H23N3O2. The van der Waals surface area contributed by atoms with E-state index in [1.807, 2.05) is 4.90 Å². The molecule has 17 heavy (non-hydrogen) atoms. The number of hydrogen-bond donors (Lipinski definition) is 2. The SMILES string of the molecule is CC(N)=NCC1CCCN(C(=O)CC(C)O)C1. The van der Waals surface area contributed by atoms with Gasteiger partial charge in [-0.05, 0) is 32.6 Å². The minimum absolute atomic E-state index is 0.0400. The number of amidine groups is 1. The van der Waals surface area contributed by atoms with Crippen LogP contribution in [0.1, 0.15) is 33.1 Å². The van der Waals surface area contributed by atoms with Gasteiger partial charge in [0.25, 0.3) is 0 Å². The zero-order chi connectivity index (χ0) is 12.8. The normalized spacial score (nSPS) is 23.6. The van der Waals surface area contributed by atoms with Crippen LogP contribution in [0.5, 0.6) is 0 Å². The minimum atomic E-state index is -0.563. The maximum Gasteiger partial charge on any atom is 0.225 e. The smallest absolute Gasteiger partial charge is 0.225 e. The third-order valence-corrected chi connectivity index (χ3v) is 2.94. The lowest BCUT2D eigenvalue weighted by Gasteiger charge is -2.32. The molecule has 0 aromatic rings. The zero-order valence-electron chi connectivity index (χ0n) is 10.7. The van der Waals surface area contributed by atoms with E-state index in [2.05, 4.69) is 4.99 Å². The summed E-state index contributed by atoms with van der Waals surface area (Å²) in [7, 11) is 0. The van der Waals surface area contributed by atoms with Crippen molar-refractivity contribution in [2.45, 2.75) is 39.2 Å². The number of amides is 1. The largest absolute Gasteiger partial charge is 0.393 e. The third-order valence-electron chi connectivity index (χ3n) is 2.94. The molecule has 1 fully saturated rings. The summed E-state index contributed by atoms with van der Waals surface area (Å²) in [5.74, 6) is 1.04. The minimum Gasteiger partial charge on any atom is -0.393 e. The Bertz CT molecular complexity index is 285. The lowest BCUT2D eigenvalue weighted by molar-refractivity contribution is -0.134. The van der Waals surface area contributed by atoms with Crippen molar-refractivity contribution in [1.29, 1.82) is 0 Å². The van der Waals surface area contributed by atoms with Crippen LogP contribution in [0, 0.1) is 5.92 Å². The highest BCUT2D eigenvalue weighted by molar-refractivity contribution is 5.77. The Balaban J connectivity index is 2.43. The van der Waals surface area contributed by atoms with E-state index in [0.717, 1.165) is 25.9 Å². The first-order chi connectivity index (χ1) is 7.99. The molecule has 0 radical (unpaired) electrons. The molecule has 5 nitrogen and oxygen atoms in total. The summed E-state index contributed by atoms with van der Waals surface area (Å²) < 4.78 is 0. The maximum absolute atomic E-state index is 11.8. The number of carbonyl (C=O) groups is 1. The lowest BCUT2D eigenvalue weighted by Crippen LogP contribution is -2.41. The Labute approximate surface area is 103 Å². The van der Waals surface area contributed by atoms with Gasteiger partial charge in [0.15, 0.2) is 0 Å². The average Bonchev–Trinajstić information content (AvgIpc) is 2.26. The van der Waals surface area contributed by atoms with Crippen molar-refractivity contribution < 1.29 is 9.90 Å². The van der Waals surface area contributed by atoms with Gasteiger partial charge in [0, 0.05) is 19.6 Å². The van der Waals surface area contributed by atoms with E-state index in [0.29, 0.717) is 18.3 Å². The first-order valence-corrected chi connectivity index (χ1v) is 6.21. The van der Waals surface area contributed by atoms with E-state index < -0.39 is 6.10 Å². The van der Waals surface area contributed by atoms with Crippen LogP contribution in [-0.2, 0) is 4.79 Å². The number of nitrogens with two attached hydrogens (primary N) is 1. The molecule has 0 aromatic heterocycles. The number of nitrogens with zero attached hydrogens (tertiary/aromatic N) is 2. The average molecular weight is 241 g/mol. The molecule has 5 heteroatoms. The highest BCUT2D eigenvalue weighted by Crippen LogP contribution is 2.17. The molecule has 0 aliphatic carbocycles. The van der Waals surface area contributed by atoms with Gasteiger partial charge in [0.2, 0.25) is 5.91 Å². The van der Waals surface area contributed by atoms with E-state index in [1.54, 1.807) is 13.8 Å². The summed E-state index contributed by atoms with van der Waals surface area (Å²) in [6, 6.07) is 0. The lowest BCUT2D eigenvalue weighted by atomic mass is 9.97. The first-order valence-electron chi connectivity index (χ1n) is 6.21. The number of piperidine rings is 1. The molecule has 0 saturated carbocycles. The van der Waals surface area contributed by atoms with Crippen molar-refractivity contribution in [3.05, 3.63) is 0 Å². The maximum atomic E-state index is 11.8. The van der Waals surface area contributed by atoms with Gasteiger partial charge in [-0.3, -0.25) is 9.79 Å². The summed E-state index contributed by atoms with van der Waals surface area (Å²) in [6.45, 7) is 5.65. The fraction of sp³-hybridized carbons (Fsp3) is 0.833. The van der Waals surface area contributed by atoms with Crippen LogP contribution < -0.4 is 5.73 Å². The van der Waals surface area contributed by atoms with Gasteiger partial charge in [0.1, 0.15) is 0 Å². The van der Waals surface area contributed by atoms with Crippen molar-refractivity contribution in [3.63, 3.8) is 0 Å². The van der Waals surface area contributed by atoms with E-state index in [1.165, 1.54) is 0 Å². The van der Waals surface area contributed by atoms with Crippen LogP contribution in [-0.4, -0.2) is 47.5 Å². The topological polar surface area (TPSA) is 78.9 Å². The van der Waals surface area contributed by atoms with Gasteiger partial charge < -0.3 is 15.7 Å². The first kappa shape index (κ1) is 14.0. The van der Waals surface area contributed by atoms with Crippen molar-refractivity contribution in [1.82, 2.24) is 4.90 Å². The molecule has 3 N–H and O–H groups in total. The molecule has 2 unspecified atom stereocenters. The Morgan fingerprint density at radius 1 is 1.65 bits per heavy atom. The molecular weight excluding hydrogens is 218 g/mol. The number of rotatable bonds is 4. The summed E-state index contributed by atoms with van der Waals surface area (Å²) in [6.07, 6.45) is 1.75. The van der Waals surface area contributed by atoms with Crippen LogP contribution in [0.15, 0.2) is 4.99 Å². The molecule has 1 heterocycles. The third kappa shape index (κ3) is 5.17. The highest BCUT2D eigenvalue weighted by Gasteiger charge is 2.23. The van der Waals surface area contributed by atoms with Crippen molar-refractivity contribution in [2.75, 3.05) is 19.6 Å². The Morgan fingerprint density at radius 3 is 2.94 bits per heavy atom. The van der Waals surface area contributed by atoms with Crippen molar-refractivity contribution in [2.24, 2.45) is 16.6 Å². The molecule has 1 saturated heterocycles. The monoisotopic (exact) mass is 241 g/mol. The molecule has 0 bridgehead atoms. The van der Waals surface area contributed by atoms with Gasteiger partial charge in [-0.15, -0.1) is 0 Å². The number of aliphatic hydroxyl groups is 1. The summed E-state index contributed by atoms with van der Waals surface area (Å²) in [4.78, 5) is 17.8. The predicted molar refractivity (Wildman–Crippen MR) is 67.8 cm³/mol. The van der Waals surface area contributed by atoms with E-state index in [4.69, 9.17) is 5.73 Å². The van der Waals surface area contributed by atoms with Gasteiger partial charge in [-0.1, -0.05) is 0 Å². The van der Waals surface area contributed by atoms with Crippen molar-refractivity contribution >= 4 is 11.7 Å². The van der Waals surface area contributed by atoms with Crippen LogP contribution in [0.3, 0.4) is 0 Å². The number of carbonyl (C=O) groups excluding carboxylic acids is 1. The van der Waals surface area contributed by atoms with E-state index >= 15 is 0 Å². The number of hydrogen-bond acceptors (Lipinski definition) is 3. The van der Waals surface area contributed by atoms with Gasteiger partial charge >= 0.3 is 0 Å². The molecule has 2 atom stereocenters. The molecule has 98 valence electrons. The van der Waals surface area contributed by atoms with Crippen LogP contribution in [0.4, 0.5) is 0 Å². The second-order valence-corrected chi connectivity index (χ2v) is 4.88. The summed E-state index contributed by atoms with van der Waals surface area (Å²) in [5, 5.41) is 9.21. The number of aliphatic hydroxyl groups excluding tert-OH is 1. The zero-order valence-corrected chi connectivity index (χ0v) is 10.7. The fourth-order valence-corrected chi connectivity index (χ4v) is 2.10. The highest BCUT2D eigenvalue weighted by atomic mass is 16.3. The van der Waals surface area contributed by atoms with E-state index in [9.17, 15) is 9.90 Å². The van der Waals surface area contributed by atoms with E-state index in [-0.39, 0.29) is 12.3 Å². The van der Waals surface area contributed by atoms with Crippen molar-refractivity contribution in [3.8, 4) is 0 Å². The summed E-state index contributed by atoms with van der Waals surface area (Å²) >= 11 is 0. The Hall–Kier alpha value is -1.10. The summed E-state index contributed by atoms with van der Waals surface area (Å²) in [5.41, 5.74) is 5.51. The second kappa shape index (κ2) is 6.59. The standard InChI is InChI=1S/C12H23N3O2/c1-9(16)6-12(17)15-5-3-4-11(8-15)7-14-10(2)13/h9,11,16H,3-8H2,1-2H3,(H2,13,14). The molecule has 1 aliphatic heterocycles. The predicted octanol–water partition coefficient (Wildman–Crippen LogP) is 0.373. The quantitative estimate of drug-likeness (QED) is 0.551. The fourth-order valence-electron chi connectivity index (χ4n) is 2.10. The second-order valence-electron chi connectivity index (χ2n) is 4.88.